The van der Waals surface area contributed by atoms with Gasteiger partial charge >= 0.3 is 12.1 Å². The lowest BCUT2D eigenvalue weighted by Crippen LogP contribution is -2.50. The zero-order valence-corrected chi connectivity index (χ0v) is 14.0. The Hall–Kier alpha value is -2.12. The minimum Gasteiger partial charge on any atom is -0.481 e. The Morgan fingerprint density at radius 3 is 2.19 bits per heavy atom. The third-order valence-electron chi connectivity index (χ3n) is 5.76. The molecule has 8 heteroatoms. The van der Waals surface area contributed by atoms with Gasteiger partial charge in [0.1, 0.15) is 5.82 Å². The number of carbonyl (C=O) groups is 2. The van der Waals surface area contributed by atoms with Crippen molar-refractivity contribution in [1.29, 1.82) is 0 Å². The summed E-state index contributed by atoms with van der Waals surface area (Å²) in [6, 6.07) is 5.79. The Bertz CT molecular complexity index is 727. The zero-order valence-electron chi connectivity index (χ0n) is 14.0. The molecule has 2 aliphatic rings. The third kappa shape index (κ3) is 2.66. The predicted octanol–water partition coefficient (Wildman–Crippen LogP) is 3.50. The number of likely N-dealkylation sites (tertiary alicyclic amines) is 1. The fourth-order valence-corrected chi connectivity index (χ4v) is 4.24. The number of rotatable bonds is 3. The van der Waals surface area contributed by atoms with Gasteiger partial charge in [0.2, 0.25) is 5.91 Å². The van der Waals surface area contributed by atoms with Crippen LogP contribution in [0.5, 0.6) is 0 Å². The van der Waals surface area contributed by atoms with Gasteiger partial charge in [-0.15, -0.1) is 0 Å². The molecule has 1 N–H and O–H groups in total. The van der Waals surface area contributed by atoms with Gasteiger partial charge in [0.15, 0.2) is 5.41 Å². The Morgan fingerprint density at radius 2 is 1.69 bits per heavy atom. The lowest BCUT2D eigenvalue weighted by molar-refractivity contribution is -0.227. The van der Waals surface area contributed by atoms with Gasteiger partial charge in [0, 0.05) is 18.7 Å². The molecule has 2 fully saturated rings. The average Bonchev–Trinajstić information content (AvgIpc) is 3.23. The number of amides is 1. The van der Waals surface area contributed by atoms with Crippen molar-refractivity contribution in [3.8, 4) is 0 Å². The van der Waals surface area contributed by atoms with E-state index in [-0.39, 0.29) is 12.1 Å². The number of carbonyl (C=O) groups excluding carboxylic acids is 1. The molecular weight excluding hydrogens is 354 g/mol. The molecule has 1 aromatic carbocycles. The van der Waals surface area contributed by atoms with Crippen molar-refractivity contribution in [2.24, 2.45) is 5.41 Å². The average molecular weight is 373 g/mol. The number of aliphatic carboxylic acids is 1. The van der Waals surface area contributed by atoms with E-state index in [1.165, 1.54) is 18.2 Å². The van der Waals surface area contributed by atoms with Crippen molar-refractivity contribution < 1.29 is 32.3 Å². The molecule has 1 heterocycles. The van der Waals surface area contributed by atoms with E-state index in [4.69, 9.17) is 0 Å². The second kappa shape index (κ2) is 6.25. The normalized spacial score (nSPS) is 25.5. The number of hydrogen-bond acceptors (Lipinski definition) is 2. The van der Waals surface area contributed by atoms with Crippen molar-refractivity contribution in [2.45, 2.75) is 43.7 Å². The van der Waals surface area contributed by atoms with E-state index in [0.717, 1.165) is 4.90 Å². The fraction of sp³-hybridized carbons (Fsp3) is 0.556. The van der Waals surface area contributed by atoms with Gasteiger partial charge in [-0.25, -0.2) is 4.39 Å². The highest BCUT2D eigenvalue weighted by atomic mass is 19.4. The van der Waals surface area contributed by atoms with Crippen molar-refractivity contribution in [3.05, 3.63) is 35.6 Å². The van der Waals surface area contributed by atoms with E-state index in [9.17, 15) is 32.3 Å². The van der Waals surface area contributed by atoms with Crippen LogP contribution in [-0.4, -0.2) is 41.1 Å². The second-order valence-corrected chi connectivity index (χ2v) is 7.13. The van der Waals surface area contributed by atoms with Crippen LogP contribution in [-0.2, 0) is 15.0 Å². The molecule has 0 aromatic heterocycles. The maximum atomic E-state index is 14.4. The van der Waals surface area contributed by atoms with E-state index >= 15 is 0 Å². The lowest BCUT2D eigenvalue weighted by Gasteiger charge is -2.34. The molecule has 0 bridgehead atoms. The minimum atomic E-state index is -4.96. The van der Waals surface area contributed by atoms with Crippen LogP contribution < -0.4 is 0 Å². The summed E-state index contributed by atoms with van der Waals surface area (Å²) in [4.78, 5) is 25.5. The number of carboxylic acid groups (broad SMARTS) is 1. The van der Waals surface area contributed by atoms with Gasteiger partial charge in [-0.2, -0.15) is 13.2 Å². The van der Waals surface area contributed by atoms with Crippen LogP contribution in [0.1, 0.15) is 37.7 Å². The highest BCUT2D eigenvalue weighted by Gasteiger charge is 2.65. The van der Waals surface area contributed by atoms with Crippen LogP contribution in [0.25, 0.3) is 0 Å². The Balaban J connectivity index is 1.96. The first-order valence-electron chi connectivity index (χ1n) is 8.49. The Morgan fingerprint density at radius 1 is 1.08 bits per heavy atom. The van der Waals surface area contributed by atoms with Crippen molar-refractivity contribution in [3.63, 3.8) is 0 Å². The van der Waals surface area contributed by atoms with E-state index < -0.39 is 47.7 Å². The Labute approximate surface area is 147 Å². The maximum absolute atomic E-state index is 14.4. The van der Waals surface area contributed by atoms with Crippen molar-refractivity contribution in [2.75, 3.05) is 13.1 Å². The van der Waals surface area contributed by atoms with Crippen LogP contribution in [0, 0.1) is 11.2 Å². The molecular formula is C18H19F4NO3. The molecule has 0 spiro atoms. The monoisotopic (exact) mass is 373 g/mol. The summed E-state index contributed by atoms with van der Waals surface area (Å²) in [6.07, 6.45) is -3.64. The van der Waals surface area contributed by atoms with Crippen LogP contribution in [0.3, 0.4) is 0 Å². The summed E-state index contributed by atoms with van der Waals surface area (Å²) in [5.74, 6) is -3.15. The number of nitrogens with zero attached hydrogens (tertiary/aromatic N) is 1. The summed E-state index contributed by atoms with van der Waals surface area (Å²) in [7, 11) is 0. The second-order valence-electron chi connectivity index (χ2n) is 7.13. The largest absolute Gasteiger partial charge is 0.481 e. The van der Waals surface area contributed by atoms with Crippen LogP contribution in [0.4, 0.5) is 17.6 Å². The number of hydrogen-bond donors (Lipinski definition) is 1. The molecule has 0 radical (unpaired) electrons. The summed E-state index contributed by atoms with van der Waals surface area (Å²) in [6.45, 7) is -1.23. The number of alkyl halides is 3. The Kier molecular flexibility index (Phi) is 4.48. The van der Waals surface area contributed by atoms with E-state index in [1.54, 1.807) is 6.07 Å². The molecule has 1 aliphatic heterocycles. The van der Waals surface area contributed by atoms with Gasteiger partial charge in [0.25, 0.3) is 0 Å². The summed E-state index contributed by atoms with van der Waals surface area (Å²) >= 11 is 0. The molecule has 1 saturated carbocycles. The number of benzene rings is 1. The van der Waals surface area contributed by atoms with Crippen LogP contribution in [0.15, 0.2) is 24.3 Å². The minimum absolute atomic E-state index is 0.183. The molecule has 3 rings (SSSR count). The van der Waals surface area contributed by atoms with Crippen LogP contribution in [0.2, 0.25) is 0 Å². The summed E-state index contributed by atoms with van der Waals surface area (Å²) < 4.78 is 54.5. The van der Waals surface area contributed by atoms with E-state index in [0.29, 0.717) is 25.7 Å². The molecule has 1 aliphatic carbocycles. The maximum Gasteiger partial charge on any atom is 0.406 e. The first kappa shape index (κ1) is 18.7. The number of carboxylic acids is 1. The molecule has 4 nitrogen and oxygen atoms in total. The first-order valence-corrected chi connectivity index (χ1v) is 8.49. The van der Waals surface area contributed by atoms with Gasteiger partial charge in [-0.1, -0.05) is 31.0 Å². The fourth-order valence-electron chi connectivity index (χ4n) is 4.24. The molecule has 1 unspecified atom stereocenters. The zero-order chi connectivity index (χ0) is 19.2. The van der Waals surface area contributed by atoms with Crippen molar-refractivity contribution >= 4 is 11.9 Å². The van der Waals surface area contributed by atoms with Crippen molar-refractivity contribution in [1.82, 2.24) is 4.90 Å². The molecule has 1 atom stereocenters. The SMILES string of the molecule is O=C(N1CCC(C(=O)O)(C(F)(F)F)C1)C1(c2ccccc2F)CCCC1. The van der Waals surface area contributed by atoms with Gasteiger partial charge < -0.3 is 10.0 Å². The lowest BCUT2D eigenvalue weighted by atomic mass is 9.77. The molecule has 142 valence electrons. The number of halogens is 4. The molecule has 1 aromatic rings. The quantitative estimate of drug-likeness (QED) is 0.825. The smallest absolute Gasteiger partial charge is 0.406 e. The highest BCUT2D eigenvalue weighted by Crippen LogP contribution is 2.49. The van der Waals surface area contributed by atoms with Gasteiger partial charge in [0.05, 0.1) is 5.41 Å². The predicted molar refractivity (Wildman–Crippen MR) is 83.9 cm³/mol. The van der Waals surface area contributed by atoms with E-state index in [2.05, 4.69) is 0 Å². The molecule has 1 saturated heterocycles. The topological polar surface area (TPSA) is 57.6 Å². The summed E-state index contributed by atoms with van der Waals surface area (Å²) in [5, 5.41) is 9.17. The highest BCUT2D eigenvalue weighted by molar-refractivity contribution is 5.90. The standard InChI is InChI=1S/C18H19F4NO3/c19-13-6-2-1-5-12(13)16(7-3-4-8-16)14(24)23-10-9-17(11-23,15(25)26)18(20,21)22/h1-2,5-6H,3-4,7-11H2,(H,25,26). The van der Waals surface area contributed by atoms with E-state index in [1.807, 2.05) is 0 Å². The first-order chi connectivity index (χ1) is 12.1. The molecule has 26 heavy (non-hydrogen) atoms. The van der Waals surface area contributed by atoms with Gasteiger partial charge in [-0.3, -0.25) is 9.59 Å². The third-order valence-corrected chi connectivity index (χ3v) is 5.76. The summed E-state index contributed by atoms with van der Waals surface area (Å²) in [5.41, 5.74) is -3.99. The van der Waals surface area contributed by atoms with Crippen LogP contribution >= 0.6 is 0 Å². The van der Waals surface area contributed by atoms with Gasteiger partial charge in [-0.05, 0) is 25.3 Å². The molecule has 1 amide bonds.